The Morgan fingerprint density at radius 1 is 1.20 bits per heavy atom. The average Bonchev–Trinajstić information content (AvgIpc) is 2.47. The second-order valence-corrected chi connectivity index (χ2v) is 5.13. The Morgan fingerprint density at radius 2 is 1.80 bits per heavy atom. The van der Waals surface area contributed by atoms with Gasteiger partial charge in [0.1, 0.15) is 11.6 Å². The predicted molar refractivity (Wildman–Crippen MR) is 61.4 cm³/mol. The molecule has 1 aromatic rings. The lowest BCUT2D eigenvalue weighted by molar-refractivity contribution is 0.389. The van der Waals surface area contributed by atoms with Crippen molar-refractivity contribution < 1.29 is 0 Å². The van der Waals surface area contributed by atoms with E-state index in [-0.39, 0.29) is 5.41 Å². The molecule has 0 saturated heterocycles. The van der Waals surface area contributed by atoms with Crippen LogP contribution in [0.4, 0.5) is 0 Å². The number of rotatable bonds is 4. The van der Waals surface area contributed by atoms with Crippen LogP contribution in [-0.4, -0.2) is 14.8 Å². The minimum absolute atomic E-state index is 0.240. The molecule has 86 valence electrons. The molecule has 0 aliphatic heterocycles. The van der Waals surface area contributed by atoms with Crippen LogP contribution in [0.15, 0.2) is 0 Å². The summed E-state index contributed by atoms with van der Waals surface area (Å²) < 4.78 is 2.16. The van der Waals surface area contributed by atoms with E-state index in [2.05, 4.69) is 42.5 Å². The molecule has 0 amide bonds. The molecule has 0 atom stereocenters. The first-order chi connectivity index (χ1) is 6.98. The zero-order chi connectivity index (χ0) is 11.5. The summed E-state index contributed by atoms with van der Waals surface area (Å²) in [5.74, 6) is 1.96. The SMILES string of the molecule is CCCn1c(CN)nnc1CC(C)(C)C. The molecular formula is C11H22N4. The van der Waals surface area contributed by atoms with E-state index in [1.807, 2.05) is 0 Å². The lowest BCUT2D eigenvalue weighted by Gasteiger charge is -2.18. The third-order valence-electron chi connectivity index (χ3n) is 2.22. The van der Waals surface area contributed by atoms with Crippen LogP contribution in [0.3, 0.4) is 0 Å². The molecule has 1 rings (SSSR count). The van der Waals surface area contributed by atoms with Gasteiger partial charge in [-0.3, -0.25) is 0 Å². The van der Waals surface area contributed by atoms with Crippen molar-refractivity contribution in [3.63, 3.8) is 0 Å². The highest BCUT2D eigenvalue weighted by Gasteiger charge is 2.17. The second-order valence-electron chi connectivity index (χ2n) is 5.13. The number of hydrogen-bond acceptors (Lipinski definition) is 3. The monoisotopic (exact) mass is 210 g/mol. The Morgan fingerprint density at radius 3 is 2.27 bits per heavy atom. The highest BCUT2D eigenvalue weighted by Crippen LogP contribution is 2.20. The number of nitrogens with two attached hydrogens (primary N) is 1. The van der Waals surface area contributed by atoms with Gasteiger partial charge >= 0.3 is 0 Å². The maximum atomic E-state index is 5.63. The van der Waals surface area contributed by atoms with Gasteiger partial charge in [-0.2, -0.15) is 0 Å². The van der Waals surface area contributed by atoms with Crippen molar-refractivity contribution in [3.05, 3.63) is 11.6 Å². The van der Waals surface area contributed by atoms with E-state index >= 15 is 0 Å². The highest BCUT2D eigenvalue weighted by atomic mass is 15.3. The zero-order valence-electron chi connectivity index (χ0n) is 10.2. The van der Waals surface area contributed by atoms with Crippen LogP contribution in [0.2, 0.25) is 0 Å². The van der Waals surface area contributed by atoms with Gasteiger partial charge < -0.3 is 10.3 Å². The van der Waals surface area contributed by atoms with Gasteiger partial charge in [0.2, 0.25) is 0 Å². The Kier molecular flexibility index (Phi) is 3.85. The second kappa shape index (κ2) is 4.75. The molecule has 1 heterocycles. The topological polar surface area (TPSA) is 56.7 Å². The molecule has 0 fully saturated rings. The summed E-state index contributed by atoms with van der Waals surface area (Å²) in [5, 5.41) is 8.35. The van der Waals surface area contributed by atoms with E-state index in [0.717, 1.165) is 31.0 Å². The van der Waals surface area contributed by atoms with Crippen molar-refractivity contribution in [1.29, 1.82) is 0 Å². The van der Waals surface area contributed by atoms with Crippen LogP contribution in [0.1, 0.15) is 45.8 Å². The summed E-state index contributed by atoms with van der Waals surface area (Å²) in [6.07, 6.45) is 2.03. The van der Waals surface area contributed by atoms with Crippen LogP contribution in [-0.2, 0) is 19.5 Å². The maximum Gasteiger partial charge on any atom is 0.146 e. The summed E-state index contributed by atoms with van der Waals surface area (Å²) in [7, 11) is 0. The lowest BCUT2D eigenvalue weighted by Crippen LogP contribution is -2.16. The van der Waals surface area contributed by atoms with Crippen molar-refractivity contribution >= 4 is 0 Å². The third-order valence-corrected chi connectivity index (χ3v) is 2.22. The van der Waals surface area contributed by atoms with Crippen LogP contribution in [0.25, 0.3) is 0 Å². The molecule has 0 radical (unpaired) electrons. The van der Waals surface area contributed by atoms with Gasteiger partial charge in [-0.1, -0.05) is 27.7 Å². The van der Waals surface area contributed by atoms with E-state index in [0.29, 0.717) is 6.54 Å². The van der Waals surface area contributed by atoms with Crippen molar-refractivity contribution in [2.75, 3.05) is 0 Å². The van der Waals surface area contributed by atoms with Gasteiger partial charge in [-0.25, -0.2) is 0 Å². The summed E-state index contributed by atoms with van der Waals surface area (Å²) in [5.41, 5.74) is 5.88. The fourth-order valence-electron chi connectivity index (χ4n) is 1.61. The number of aromatic nitrogens is 3. The van der Waals surface area contributed by atoms with Crippen molar-refractivity contribution in [3.8, 4) is 0 Å². The standard InChI is InChI=1S/C11H22N4/c1-5-6-15-9(7-11(2,3)4)13-14-10(15)8-12/h5-8,12H2,1-4H3. The molecule has 0 bridgehead atoms. The average molecular weight is 210 g/mol. The largest absolute Gasteiger partial charge is 0.324 e. The molecule has 0 aliphatic carbocycles. The van der Waals surface area contributed by atoms with Crippen LogP contribution >= 0.6 is 0 Å². The highest BCUT2D eigenvalue weighted by molar-refractivity contribution is 4.98. The molecule has 4 heteroatoms. The van der Waals surface area contributed by atoms with Crippen LogP contribution < -0.4 is 5.73 Å². The van der Waals surface area contributed by atoms with E-state index in [4.69, 9.17) is 5.73 Å². The number of nitrogens with zero attached hydrogens (tertiary/aromatic N) is 3. The summed E-state index contributed by atoms with van der Waals surface area (Å²) >= 11 is 0. The Labute approximate surface area is 91.9 Å². The fraction of sp³-hybridized carbons (Fsp3) is 0.818. The minimum Gasteiger partial charge on any atom is -0.324 e. The van der Waals surface area contributed by atoms with E-state index < -0.39 is 0 Å². The minimum atomic E-state index is 0.240. The molecule has 0 aliphatic rings. The lowest BCUT2D eigenvalue weighted by atomic mass is 9.92. The normalized spacial score (nSPS) is 12.1. The molecule has 15 heavy (non-hydrogen) atoms. The van der Waals surface area contributed by atoms with Gasteiger partial charge in [0, 0.05) is 13.0 Å². The summed E-state index contributed by atoms with van der Waals surface area (Å²) in [4.78, 5) is 0. The molecule has 0 unspecified atom stereocenters. The Balaban J connectivity index is 2.91. The summed E-state index contributed by atoms with van der Waals surface area (Å²) in [6.45, 7) is 10.2. The van der Waals surface area contributed by atoms with E-state index in [1.54, 1.807) is 0 Å². The van der Waals surface area contributed by atoms with Gasteiger partial charge in [-0.15, -0.1) is 10.2 Å². The van der Waals surface area contributed by atoms with Gasteiger partial charge in [-0.05, 0) is 11.8 Å². The smallest absolute Gasteiger partial charge is 0.146 e. The third kappa shape index (κ3) is 3.30. The molecule has 0 aromatic carbocycles. The van der Waals surface area contributed by atoms with Crippen molar-refractivity contribution in [1.82, 2.24) is 14.8 Å². The molecule has 0 saturated carbocycles. The fourth-order valence-corrected chi connectivity index (χ4v) is 1.61. The zero-order valence-corrected chi connectivity index (χ0v) is 10.2. The maximum absolute atomic E-state index is 5.63. The van der Waals surface area contributed by atoms with Crippen molar-refractivity contribution in [2.24, 2.45) is 11.1 Å². The molecule has 0 spiro atoms. The van der Waals surface area contributed by atoms with Gasteiger partial charge in [0.25, 0.3) is 0 Å². The quantitative estimate of drug-likeness (QED) is 0.823. The van der Waals surface area contributed by atoms with Crippen molar-refractivity contribution in [2.45, 2.75) is 53.6 Å². The predicted octanol–water partition coefficient (Wildman–Crippen LogP) is 1.74. The van der Waals surface area contributed by atoms with Crippen LogP contribution in [0.5, 0.6) is 0 Å². The number of hydrogen-bond donors (Lipinski definition) is 1. The van der Waals surface area contributed by atoms with Gasteiger partial charge in [0.05, 0.1) is 6.54 Å². The summed E-state index contributed by atoms with van der Waals surface area (Å²) in [6, 6.07) is 0. The Bertz CT molecular complexity index is 309. The van der Waals surface area contributed by atoms with Crippen LogP contribution in [0, 0.1) is 5.41 Å². The first-order valence-electron chi connectivity index (χ1n) is 5.59. The molecular weight excluding hydrogens is 188 g/mol. The first kappa shape index (κ1) is 12.2. The molecule has 4 nitrogen and oxygen atoms in total. The molecule has 2 N–H and O–H groups in total. The van der Waals surface area contributed by atoms with E-state index in [1.165, 1.54) is 0 Å². The van der Waals surface area contributed by atoms with Gasteiger partial charge in [0.15, 0.2) is 0 Å². The first-order valence-corrected chi connectivity index (χ1v) is 5.59. The van der Waals surface area contributed by atoms with E-state index in [9.17, 15) is 0 Å². The Hall–Kier alpha value is -0.900. The molecule has 1 aromatic heterocycles.